The Hall–Kier alpha value is -1.95. The quantitative estimate of drug-likeness (QED) is 0.641. The van der Waals surface area contributed by atoms with E-state index in [-0.39, 0.29) is 17.1 Å². The van der Waals surface area contributed by atoms with Crippen LogP contribution in [-0.2, 0) is 4.79 Å². The van der Waals surface area contributed by atoms with Gasteiger partial charge in [-0.05, 0) is 33.8 Å². The summed E-state index contributed by atoms with van der Waals surface area (Å²) in [4.78, 5) is 22.1. The molecule has 0 saturated carbocycles. The Labute approximate surface area is 118 Å². The van der Waals surface area contributed by atoms with E-state index in [4.69, 9.17) is 0 Å². The Morgan fingerprint density at radius 1 is 1.35 bits per heavy atom. The molecule has 1 amide bonds. The smallest absolute Gasteiger partial charge is 0.274 e. The zero-order chi connectivity index (χ0) is 15.3. The summed E-state index contributed by atoms with van der Waals surface area (Å²) in [5.41, 5.74) is 0.990. The third-order valence-corrected chi connectivity index (χ3v) is 2.70. The van der Waals surface area contributed by atoms with Gasteiger partial charge in [-0.25, -0.2) is 0 Å². The van der Waals surface area contributed by atoms with Crippen LogP contribution in [-0.4, -0.2) is 22.9 Å². The summed E-state index contributed by atoms with van der Waals surface area (Å²) in [5.74, 6) is -0.167. The summed E-state index contributed by atoms with van der Waals surface area (Å²) in [6.07, 6.45) is 0.318. The van der Waals surface area contributed by atoms with Gasteiger partial charge in [-0.2, -0.15) is 0 Å². The van der Waals surface area contributed by atoms with Gasteiger partial charge in [0.15, 0.2) is 0 Å². The van der Waals surface area contributed by atoms with Crippen molar-refractivity contribution in [3.63, 3.8) is 0 Å². The third kappa shape index (κ3) is 5.36. The molecule has 0 aliphatic heterocycles. The van der Waals surface area contributed by atoms with E-state index in [9.17, 15) is 14.9 Å². The first-order valence-corrected chi connectivity index (χ1v) is 6.49. The fourth-order valence-corrected chi connectivity index (χ4v) is 1.66. The van der Waals surface area contributed by atoms with Gasteiger partial charge < -0.3 is 10.6 Å². The van der Waals surface area contributed by atoms with Crippen molar-refractivity contribution in [2.24, 2.45) is 0 Å². The predicted molar refractivity (Wildman–Crippen MR) is 78.8 cm³/mol. The summed E-state index contributed by atoms with van der Waals surface area (Å²) in [7, 11) is 0. The highest BCUT2D eigenvalue weighted by Gasteiger charge is 2.13. The first kappa shape index (κ1) is 16.1. The zero-order valence-electron chi connectivity index (χ0n) is 12.3. The number of nitro benzene ring substituents is 1. The molecule has 0 bridgehead atoms. The van der Waals surface area contributed by atoms with Crippen LogP contribution in [0.15, 0.2) is 18.2 Å². The Morgan fingerprint density at radius 3 is 2.55 bits per heavy atom. The van der Waals surface area contributed by atoms with Crippen LogP contribution >= 0.6 is 0 Å². The van der Waals surface area contributed by atoms with Crippen LogP contribution in [0.1, 0.15) is 32.8 Å². The van der Waals surface area contributed by atoms with E-state index < -0.39 is 4.92 Å². The topological polar surface area (TPSA) is 84.3 Å². The first-order valence-electron chi connectivity index (χ1n) is 6.49. The number of nitro groups is 1. The van der Waals surface area contributed by atoms with Crippen molar-refractivity contribution < 1.29 is 9.72 Å². The van der Waals surface area contributed by atoms with E-state index in [0.717, 1.165) is 0 Å². The number of amides is 1. The number of hydrogen-bond acceptors (Lipinski definition) is 4. The van der Waals surface area contributed by atoms with Gasteiger partial charge in [0.25, 0.3) is 5.69 Å². The highest BCUT2D eigenvalue weighted by atomic mass is 16.6. The molecule has 0 aliphatic carbocycles. The van der Waals surface area contributed by atoms with Gasteiger partial charge in [0.2, 0.25) is 5.91 Å². The van der Waals surface area contributed by atoms with Crippen LogP contribution in [0.3, 0.4) is 0 Å². The van der Waals surface area contributed by atoms with E-state index in [0.29, 0.717) is 24.2 Å². The average Bonchev–Trinajstić information content (AvgIpc) is 2.29. The second-order valence-corrected chi connectivity index (χ2v) is 5.73. The molecular weight excluding hydrogens is 258 g/mol. The molecule has 6 nitrogen and oxygen atoms in total. The molecule has 0 aliphatic rings. The summed E-state index contributed by atoms with van der Waals surface area (Å²) in [6, 6.07) is 4.67. The standard InChI is InChI=1S/C14H21N3O3/c1-10-5-6-11(9-12(10)17(19)20)16-13(18)7-8-15-14(2,3)4/h5-6,9,15H,7-8H2,1-4H3,(H,16,18). The van der Waals surface area contributed by atoms with Crippen molar-refractivity contribution in [3.05, 3.63) is 33.9 Å². The van der Waals surface area contributed by atoms with Gasteiger partial charge >= 0.3 is 0 Å². The van der Waals surface area contributed by atoms with Crippen molar-refractivity contribution in [1.29, 1.82) is 0 Å². The Morgan fingerprint density at radius 2 is 2.00 bits per heavy atom. The second kappa shape index (κ2) is 6.47. The van der Waals surface area contributed by atoms with Gasteiger partial charge in [-0.1, -0.05) is 6.07 Å². The fraction of sp³-hybridized carbons (Fsp3) is 0.500. The molecule has 0 heterocycles. The van der Waals surface area contributed by atoms with Crippen molar-refractivity contribution in [1.82, 2.24) is 5.32 Å². The largest absolute Gasteiger partial charge is 0.326 e. The second-order valence-electron chi connectivity index (χ2n) is 5.73. The van der Waals surface area contributed by atoms with Gasteiger partial charge in [0.1, 0.15) is 0 Å². The van der Waals surface area contributed by atoms with Crippen molar-refractivity contribution in [3.8, 4) is 0 Å². The van der Waals surface area contributed by atoms with E-state index >= 15 is 0 Å². The Bertz CT molecular complexity index is 507. The normalized spacial score (nSPS) is 11.2. The maximum absolute atomic E-state index is 11.7. The molecule has 0 spiro atoms. The highest BCUT2D eigenvalue weighted by Crippen LogP contribution is 2.22. The number of nitrogens with zero attached hydrogens (tertiary/aromatic N) is 1. The lowest BCUT2D eigenvalue weighted by Crippen LogP contribution is -2.37. The van der Waals surface area contributed by atoms with E-state index in [2.05, 4.69) is 10.6 Å². The number of rotatable bonds is 5. The van der Waals surface area contributed by atoms with E-state index in [1.807, 2.05) is 20.8 Å². The molecule has 1 aromatic carbocycles. The number of anilines is 1. The number of hydrogen-bond donors (Lipinski definition) is 2. The molecule has 2 N–H and O–H groups in total. The van der Waals surface area contributed by atoms with E-state index in [1.54, 1.807) is 19.1 Å². The zero-order valence-corrected chi connectivity index (χ0v) is 12.3. The molecule has 0 radical (unpaired) electrons. The molecular formula is C14H21N3O3. The third-order valence-electron chi connectivity index (χ3n) is 2.70. The lowest BCUT2D eigenvalue weighted by atomic mass is 10.1. The predicted octanol–water partition coefficient (Wildman–Crippen LogP) is 2.62. The molecule has 0 atom stereocenters. The van der Waals surface area contributed by atoms with Crippen LogP contribution in [0.25, 0.3) is 0 Å². The van der Waals surface area contributed by atoms with E-state index in [1.165, 1.54) is 6.07 Å². The van der Waals surface area contributed by atoms with Crippen molar-refractivity contribution >= 4 is 17.3 Å². The molecule has 0 saturated heterocycles. The van der Waals surface area contributed by atoms with Crippen LogP contribution in [0, 0.1) is 17.0 Å². The minimum Gasteiger partial charge on any atom is -0.326 e. The molecule has 0 fully saturated rings. The lowest BCUT2D eigenvalue weighted by molar-refractivity contribution is -0.385. The SMILES string of the molecule is Cc1ccc(NC(=O)CCNC(C)(C)C)cc1[N+](=O)[O-]. The van der Waals surface area contributed by atoms with Crippen LogP contribution < -0.4 is 10.6 Å². The first-order chi connectivity index (χ1) is 9.19. The Balaban J connectivity index is 2.58. The van der Waals surface area contributed by atoms with Gasteiger partial charge in [-0.3, -0.25) is 14.9 Å². The lowest BCUT2D eigenvalue weighted by Gasteiger charge is -2.20. The summed E-state index contributed by atoms with van der Waals surface area (Å²) < 4.78 is 0. The highest BCUT2D eigenvalue weighted by molar-refractivity contribution is 5.91. The molecule has 6 heteroatoms. The maximum Gasteiger partial charge on any atom is 0.274 e. The van der Waals surface area contributed by atoms with Crippen LogP contribution in [0.2, 0.25) is 0 Å². The average molecular weight is 279 g/mol. The number of carbonyl (C=O) groups is 1. The van der Waals surface area contributed by atoms with Gasteiger partial charge in [0.05, 0.1) is 4.92 Å². The number of aryl methyl sites for hydroxylation is 1. The van der Waals surface area contributed by atoms with Crippen molar-refractivity contribution in [2.45, 2.75) is 39.7 Å². The maximum atomic E-state index is 11.7. The monoisotopic (exact) mass is 279 g/mol. The van der Waals surface area contributed by atoms with Crippen LogP contribution in [0.4, 0.5) is 11.4 Å². The number of benzene rings is 1. The Kier molecular flexibility index (Phi) is 5.21. The number of nitrogens with one attached hydrogen (secondary N) is 2. The molecule has 110 valence electrons. The van der Waals surface area contributed by atoms with Gasteiger partial charge in [-0.15, -0.1) is 0 Å². The summed E-state index contributed by atoms with van der Waals surface area (Å²) in [5, 5.41) is 16.7. The fourth-order valence-electron chi connectivity index (χ4n) is 1.66. The minimum atomic E-state index is -0.452. The molecule has 1 rings (SSSR count). The summed E-state index contributed by atoms with van der Waals surface area (Å²) >= 11 is 0. The minimum absolute atomic E-state index is 0.00983. The molecule has 0 aromatic heterocycles. The van der Waals surface area contributed by atoms with Gasteiger partial charge in [0, 0.05) is 35.8 Å². The molecule has 0 unspecified atom stereocenters. The molecule has 20 heavy (non-hydrogen) atoms. The van der Waals surface area contributed by atoms with Crippen LogP contribution in [0.5, 0.6) is 0 Å². The van der Waals surface area contributed by atoms with Crippen molar-refractivity contribution in [2.75, 3.05) is 11.9 Å². The number of carbonyl (C=O) groups excluding carboxylic acids is 1. The summed E-state index contributed by atoms with van der Waals surface area (Å²) in [6.45, 7) is 8.29. The molecule has 1 aromatic rings.